The zero-order valence-corrected chi connectivity index (χ0v) is 13.6. The first-order valence-electron chi connectivity index (χ1n) is 8.28. The van der Waals surface area contributed by atoms with Crippen LogP contribution in [0.4, 0.5) is 0 Å². The van der Waals surface area contributed by atoms with Gasteiger partial charge >= 0.3 is 5.97 Å². The minimum atomic E-state index is -0.715. The van der Waals surface area contributed by atoms with Crippen molar-refractivity contribution in [3.05, 3.63) is 29.8 Å². The maximum absolute atomic E-state index is 11.0. The van der Waals surface area contributed by atoms with Crippen molar-refractivity contribution in [2.24, 2.45) is 5.92 Å². The van der Waals surface area contributed by atoms with Crippen LogP contribution in [0.3, 0.4) is 0 Å². The molecule has 1 N–H and O–H groups in total. The summed E-state index contributed by atoms with van der Waals surface area (Å²) in [5, 5.41) is 9.06. The highest BCUT2D eigenvalue weighted by molar-refractivity contribution is 5.72. The lowest BCUT2D eigenvalue weighted by molar-refractivity contribution is -0.143. The molecule has 0 radical (unpaired) electrons. The Morgan fingerprint density at radius 2 is 1.95 bits per heavy atom. The first-order valence-corrected chi connectivity index (χ1v) is 8.28. The first kappa shape index (κ1) is 16.8. The Hall–Kier alpha value is -1.55. The maximum Gasteiger partial charge on any atom is 0.320 e. The fourth-order valence-corrected chi connectivity index (χ4v) is 3.07. The first-order chi connectivity index (χ1) is 10.6. The summed E-state index contributed by atoms with van der Waals surface area (Å²) in [4.78, 5) is 13.1. The fraction of sp³-hybridized carbons (Fsp3) is 0.611. The van der Waals surface area contributed by atoms with Gasteiger partial charge in [0, 0.05) is 0 Å². The van der Waals surface area contributed by atoms with Crippen molar-refractivity contribution in [1.82, 2.24) is 4.90 Å². The molecule has 0 bridgehead atoms. The van der Waals surface area contributed by atoms with Crippen LogP contribution in [-0.2, 0) is 11.2 Å². The van der Waals surface area contributed by atoms with Crippen molar-refractivity contribution >= 4 is 5.97 Å². The third-order valence-corrected chi connectivity index (χ3v) is 4.63. The monoisotopic (exact) mass is 305 g/mol. The predicted octanol–water partition coefficient (Wildman–Crippen LogP) is 3.20. The quantitative estimate of drug-likeness (QED) is 0.840. The minimum absolute atomic E-state index is 0.355. The van der Waals surface area contributed by atoms with Crippen molar-refractivity contribution < 1.29 is 14.6 Å². The van der Waals surface area contributed by atoms with Crippen LogP contribution in [0.25, 0.3) is 0 Å². The topological polar surface area (TPSA) is 49.8 Å². The summed E-state index contributed by atoms with van der Waals surface area (Å²) in [6.45, 7) is 6.28. The SMILES string of the molecule is CCOc1ccc(CCC2CCN(C(C)C(=O)O)CC2)cc1. The van der Waals surface area contributed by atoms with Crippen molar-refractivity contribution in [2.45, 2.75) is 45.6 Å². The number of hydrogen-bond acceptors (Lipinski definition) is 3. The van der Waals surface area contributed by atoms with Crippen LogP contribution in [0, 0.1) is 5.92 Å². The van der Waals surface area contributed by atoms with E-state index in [4.69, 9.17) is 9.84 Å². The van der Waals surface area contributed by atoms with Gasteiger partial charge in [0.1, 0.15) is 11.8 Å². The zero-order chi connectivity index (χ0) is 15.9. The van der Waals surface area contributed by atoms with E-state index in [1.165, 1.54) is 12.0 Å². The zero-order valence-electron chi connectivity index (χ0n) is 13.6. The van der Waals surface area contributed by atoms with Gasteiger partial charge in [-0.15, -0.1) is 0 Å². The van der Waals surface area contributed by atoms with Crippen LogP contribution < -0.4 is 4.74 Å². The van der Waals surface area contributed by atoms with Crippen molar-refractivity contribution in [1.29, 1.82) is 0 Å². The lowest BCUT2D eigenvalue weighted by Crippen LogP contribution is -2.43. The number of likely N-dealkylation sites (tertiary alicyclic amines) is 1. The van der Waals surface area contributed by atoms with Crippen LogP contribution in [0.5, 0.6) is 5.75 Å². The number of benzene rings is 1. The summed E-state index contributed by atoms with van der Waals surface area (Å²) < 4.78 is 5.46. The van der Waals surface area contributed by atoms with Crippen LogP contribution in [0.15, 0.2) is 24.3 Å². The normalized spacial score (nSPS) is 18.1. The van der Waals surface area contributed by atoms with Gasteiger partial charge in [-0.1, -0.05) is 12.1 Å². The van der Waals surface area contributed by atoms with Crippen molar-refractivity contribution in [3.63, 3.8) is 0 Å². The van der Waals surface area contributed by atoms with Crippen LogP contribution in [0.1, 0.15) is 38.7 Å². The molecule has 122 valence electrons. The minimum Gasteiger partial charge on any atom is -0.494 e. The van der Waals surface area contributed by atoms with Crippen LogP contribution in [-0.4, -0.2) is 41.7 Å². The van der Waals surface area contributed by atoms with E-state index in [1.54, 1.807) is 6.92 Å². The van der Waals surface area contributed by atoms with Gasteiger partial charge in [0.15, 0.2) is 0 Å². The van der Waals surface area contributed by atoms with E-state index in [-0.39, 0.29) is 6.04 Å². The second-order valence-corrected chi connectivity index (χ2v) is 6.11. The largest absolute Gasteiger partial charge is 0.494 e. The molecule has 1 aromatic carbocycles. The molecule has 0 spiro atoms. The highest BCUT2D eigenvalue weighted by atomic mass is 16.5. The van der Waals surface area contributed by atoms with Gasteiger partial charge in [0.2, 0.25) is 0 Å². The molecule has 1 fully saturated rings. The Balaban J connectivity index is 1.73. The Morgan fingerprint density at radius 3 is 2.50 bits per heavy atom. The van der Waals surface area contributed by atoms with E-state index in [0.717, 1.165) is 38.1 Å². The van der Waals surface area contributed by atoms with Gasteiger partial charge in [0.25, 0.3) is 0 Å². The average Bonchev–Trinajstić information content (AvgIpc) is 2.54. The van der Waals surface area contributed by atoms with Gasteiger partial charge < -0.3 is 9.84 Å². The molecule has 1 aromatic rings. The summed E-state index contributed by atoms with van der Waals surface area (Å²) in [6.07, 6.45) is 4.48. The number of aliphatic carboxylic acids is 1. The van der Waals surface area contributed by atoms with Gasteiger partial charge in [-0.25, -0.2) is 0 Å². The molecular formula is C18H27NO3. The molecule has 1 atom stereocenters. The maximum atomic E-state index is 11.0. The van der Waals surface area contributed by atoms with E-state index in [9.17, 15) is 4.79 Å². The summed E-state index contributed by atoms with van der Waals surface area (Å²) in [6, 6.07) is 8.01. The molecule has 0 amide bonds. The Labute approximate surface area is 133 Å². The van der Waals surface area contributed by atoms with E-state index in [2.05, 4.69) is 17.0 Å². The molecule has 1 saturated heterocycles. The number of piperidine rings is 1. The van der Waals surface area contributed by atoms with Gasteiger partial charge in [-0.2, -0.15) is 0 Å². The lowest BCUT2D eigenvalue weighted by atomic mass is 9.90. The molecule has 1 aliphatic heterocycles. The average molecular weight is 305 g/mol. The third-order valence-electron chi connectivity index (χ3n) is 4.63. The summed E-state index contributed by atoms with van der Waals surface area (Å²) in [5.41, 5.74) is 1.35. The number of nitrogens with zero attached hydrogens (tertiary/aromatic N) is 1. The van der Waals surface area contributed by atoms with Crippen LogP contribution >= 0.6 is 0 Å². The van der Waals surface area contributed by atoms with Gasteiger partial charge in [-0.3, -0.25) is 9.69 Å². The van der Waals surface area contributed by atoms with Crippen molar-refractivity contribution in [3.8, 4) is 5.75 Å². The number of ether oxygens (including phenoxy) is 1. The molecule has 0 saturated carbocycles. The lowest BCUT2D eigenvalue weighted by Gasteiger charge is -2.34. The number of aryl methyl sites for hydroxylation is 1. The Bertz CT molecular complexity index is 464. The Kier molecular flexibility index (Phi) is 6.25. The number of carbonyl (C=O) groups is 1. The molecule has 2 rings (SSSR count). The molecular weight excluding hydrogens is 278 g/mol. The fourth-order valence-electron chi connectivity index (χ4n) is 3.07. The number of hydrogen-bond donors (Lipinski definition) is 1. The molecule has 4 heteroatoms. The summed E-state index contributed by atoms with van der Waals surface area (Å²) in [5.74, 6) is 0.930. The van der Waals surface area contributed by atoms with Crippen LogP contribution in [0.2, 0.25) is 0 Å². The Morgan fingerprint density at radius 1 is 1.32 bits per heavy atom. The van der Waals surface area contributed by atoms with E-state index >= 15 is 0 Å². The highest BCUT2D eigenvalue weighted by Crippen LogP contribution is 2.24. The number of carboxylic acids is 1. The second kappa shape index (κ2) is 8.18. The highest BCUT2D eigenvalue weighted by Gasteiger charge is 2.25. The number of rotatable bonds is 7. The standard InChI is InChI=1S/C18H27NO3/c1-3-22-17-8-6-15(7-9-17)4-5-16-10-12-19(13-11-16)14(2)18(20)21/h6-9,14,16H,3-5,10-13H2,1-2H3,(H,20,21). The molecule has 0 aliphatic carbocycles. The molecule has 0 aromatic heterocycles. The van der Waals surface area contributed by atoms with E-state index in [1.807, 2.05) is 19.1 Å². The molecule has 22 heavy (non-hydrogen) atoms. The third kappa shape index (κ3) is 4.73. The second-order valence-electron chi connectivity index (χ2n) is 6.11. The summed E-state index contributed by atoms with van der Waals surface area (Å²) in [7, 11) is 0. The molecule has 1 aliphatic rings. The molecule has 1 heterocycles. The molecule has 1 unspecified atom stereocenters. The smallest absolute Gasteiger partial charge is 0.320 e. The van der Waals surface area contributed by atoms with Gasteiger partial charge in [-0.05, 0) is 76.2 Å². The predicted molar refractivity (Wildman–Crippen MR) is 87.3 cm³/mol. The van der Waals surface area contributed by atoms with E-state index < -0.39 is 5.97 Å². The van der Waals surface area contributed by atoms with Gasteiger partial charge in [0.05, 0.1) is 6.61 Å². The molecule has 4 nitrogen and oxygen atoms in total. The number of carboxylic acid groups (broad SMARTS) is 1. The van der Waals surface area contributed by atoms with Crippen molar-refractivity contribution in [2.75, 3.05) is 19.7 Å². The summed E-state index contributed by atoms with van der Waals surface area (Å²) >= 11 is 0. The van der Waals surface area contributed by atoms with E-state index in [0.29, 0.717) is 12.5 Å².